The van der Waals surface area contributed by atoms with Gasteiger partial charge in [0, 0.05) is 13.1 Å². The molecule has 1 aromatic carbocycles. The first-order valence-electron chi connectivity index (χ1n) is 10.1. The van der Waals surface area contributed by atoms with Gasteiger partial charge in [-0.15, -0.1) is 0 Å². The van der Waals surface area contributed by atoms with Crippen LogP contribution in [0.5, 0.6) is 0 Å². The fourth-order valence-corrected chi connectivity index (χ4v) is 4.54. The van der Waals surface area contributed by atoms with Gasteiger partial charge in [-0.1, -0.05) is 6.07 Å². The average molecular weight is 408 g/mol. The average Bonchev–Trinajstić information content (AvgIpc) is 3.58. The van der Waals surface area contributed by atoms with Gasteiger partial charge < -0.3 is 20.4 Å². The first-order chi connectivity index (χ1) is 13.8. The number of hydrogen-bond donors (Lipinski definition) is 2. The number of nitrogens with two attached hydrogens (primary N) is 1. The highest BCUT2D eigenvalue weighted by Crippen LogP contribution is 2.53. The number of nitrogens with one attached hydrogen (secondary N) is 1. The van der Waals surface area contributed by atoms with E-state index in [1.807, 2.05) is 0 Å². The molecule has 0 bridgehead atoms. The summed E-state index contributed by atoms with van der Waals surface area (Å²) in [7, 11) is 0. The molecule has 6 nitrogen and oxygen atoms in total. The van der Waals surface area contributed by atoms with Gasteiger partial charge in [-0.25, -0.2) is 9.78 Å². The first-order valence-corrected chi connectivity index (χ1v) is 10.1. The Hall–Kier alpha value is -2.29. The summed E-state index contributed by atoms with van der Waals surface area (Å²) in [4.78, 5) is 17.2. The number of halogens is 3. The Balaban J connectivity index is 1.37. The highest BCUT2D eigenvalue weighted by atomic mass is 19.4. The van der Waals surface area contributed by atoms with E-state index >= 15 is 0 Å². The van der Waals surface area contributed by atoms with Crippen molar-refractivity contribution in [3.05, 3.63) is 29.7 Å². The number of hydrogen-bond acceptors (Lipinski definition) is 4. The Labute approximate surface area is 165 Å². The molecule has 156 valence electrons. The molecule has 1 aliphatic heterocycles. The van der Waals surface area contributed by atoms with Crippen LogP contribution in [-0.2, 0) is 6.54 Å². The summed E-state index contributed by atoms with van der Waals surface area (Å²) in [6, 6.07) is 2.23. The van der Waals surface area contributed by atoms with Gasteiger partial charge in [0.05, 0.1) is 6.04 Å². The second-order valence-corrected chi connectivity index (χ2v) is 8.50. The van der Waals surface area contributed by atoms with Gasteiger partial charge in [-0.05, 0) is 61.1 Å². The second-order valence-electron chi connectivity index (χ2n) is 8.50. The molecule has 2 aliphatic carbocycles. The van der Waals surface area contributed by atoms with E-state index in [-0.39, 0.29) is 12.6 Å². The van der Waals surface area contributed by atoms with Gasteiger partial charge in [0.2, 0.25) is 5.89 Å². The van der Waals surface area contributed by atoms with Crippen molar-refractivity contribution in [3.63, 3.8) is 0 Å². The molecule has 0 radical (unpaired) electrons. The van der Waals surface area contributed by atoms with E-state index in [4.69, 9.17) is 10.2 Å². The Bertz CT molecular complexity index is 923. The zero-order chi connectivity index (χ0) is 20.3. The molecule has 0 spiro atoms. The topological polar surface area (TPSA) is 84.4 Å². The maximum Gasteiger partial charge on any atom is 0.410 e. The van der Waals surface area contributed by atoms with Crippen molar-refractivity contribution in [1.29, 1.82) is 0 Å². The lowest BCUT2D eigenvalue weighted by atomic mass is 9.90. The van der Waals surface area contributed by atoms with E-state index in [9.17, 15) is 18.0 Å². The number of urea groups is 1. The number of aromatic nitrogens is 1. The normalized spacial score (nSPS) is 23.8. The Morgan fingerprint density at radius 3 is 2.55 bits per heavy atom. The molecule has 0 unspecified atom stereocenters. The SMILES string of the molecule is N[C@H](c1nc2cc(CN3C(=O)NC[C@@H]3C(F)(F)F)ccc2o1)C(C1CC1)C1CC1. The number of oxazole rings is 1. The van der Waals surface area contributed by atoms with E-state index in [1.54, 1.807) is 18.2 Å². The minimum atomic E-state index is -4.47. The number of alkyl halides is 3. The number of benzene rings is 1. The molecule has 3 aliphatic rings. The second kappa shape index (κ2) is 6.62. The molecule has 2 heterocycles. The number of carbonyl (C=O) groups excluding carboxylic acids is 1. The van der Waals surface area contributed by atoms with Gasteiger partial charge in [0.25, 0.3) is 0 Å². The molecule has 3 N–H and O–H groups in total. The molecular weight excluding hydrogens is 385 g/mol. The van der Waals surface area contributed by atoms with Gasteiger partial charge in [-0.3, -0.25) is 0 Å². The summed E-state index contributed by atoms with van der Waals surface area (Å²) in [5.41, 5.74) is 8.18. The van der Waals surface area contributed by atoms with E-state index < -0.39 is 24.8 Å². The third-order valence-corrected chi connectivity index (χ3v) is 6.32. The van der Waals surface area contributed by atoms with Crippen LogP contribution < -0.4 is 11.1 Å². The van der Waals surface area contributed by atoms with Crippen LogP contribution in [0.25, 0.3) is 11.1 Å². The molecule has 2 amide bonds. The fraction of sp³-hybridized carbons (Fsp3) is 0.600. The summed E-state index contributed by atoms with van der Waals surface area (Å²) in [5.74, 6) is 2.18. The maximum absolute atomic E-state index is 13.2. The number of fused-ring (bicyclic) bond motifs is 1. The quantitative estimate of drug-likeness (QED) is 0.763. The highest BCUT2D eigenvalue weighted by Gasteiger charge is 2.49. The predicted octanol–water partition coefficient (Wildman–Crippen LogP) is 3.72. The van der Waals surface area contributed by atoms with Crippen LogP contribution in [0.15, 0.2) is 22.6 Å². The van der Waals surface area contributed by atoms with Crippen LogP contribution >= 0.6 is 0 Å². The van der Waals surface area contributed by atoms with Gasteiger partial charge >= 0.3 is 12.2 Å². The van der Waals surface area contributed by atoms with Crippen molar-refractivity contribution in [3.8, 4) is 0 Å². The summed E-state index contributed by atoms with van der Waals surface area (Å²) < 4.78 is 45.4. The minimum Gasteiger partial charge on any atom is -0.439 e. The summed E-state index contributed by atoms with van der Waals surface area (Å²) >= 11 is 0. The zero-order valence-corrected chi connectivity index (χ0v) is 15.8. The number of rotatable bonds is 6. The number of amides is 2. The van der Waals surface area contributed by atoms with Crippen LogP contribution in [0.2, 0.25) is 0 Å². The molecule has 2 atom stereocenters. The van der Waals surface area contributed by atoms with Crippen LogP contribution in [-0.4, -0.2) is 34.7 Å². The number of nitrogens with zero attached hydrogens (tertiary/aromatic N) is 2. The maximum atomic E-state index is 13.2. The lowest BCUT2D eigenvalue weighted by Gasteiger charge is -2.24. The van der Waals surface area contributed by atoms with Crippen molar-refractivity contribution in [2.24, 2.45) is 23.5 Å². The smallest absolute Gasteiger partial charge is 0.410 e. The molecule has 29 heavy (non-hydrogen) atoms. The minimum absolute atomic E-state index is 0.146. The standard InChI is InChI=1S/C20H23F3N4O2/c21-20(22,23)15-8-25-19(28)27(15)9-10-1-6-14-13(7-10)26-18(29-14)17(24)16(11-2-3-11)12-4-5-12/h1,6-7,11-12,15-17H,2-5,8-9,24H2,(H,25,28)/t15-,17+/m1/s1. The molecule has 2 aromatic rings. The summed E-state index contributed by atoms with van der Waals surface area (Å²) in [5, 5.41) is 2.26. The van der Waals surface area contributed by atoms with Crippen LogP contribution in [0, 0.1) is 17.8 Å². The van der Waals surface area contributed by atoms with E-state index in [2.05, 4.69) is 10.3 Å². The van der Waals surface area contributed by atoms with Crippen LogP contribution in [0.4, 0.5) is 18.0 Å². The van der Waals surface area contributed by atoms with Crippen molar-refractivity contribution in [2.45, 2.75) is 50.5 Å². The first kappa shape index (κ1) is 18.7. The third kappa shape index (κ3) is 3.56. The molecule has 5 rings (SSSR count). The van der Waals surface area contributed by atoms with Gasteiger partial charge in [-0.2, -0.15) is 13.2 Å². The van der Waals surface area contributed by atoms with E-state index in [1.165, 1.54) is 25.7 Å². The van der Waals surface area contributed by atoms with Gasteiger partial charge in [0.15, 0.2) is 5.58 Å². The van der Waals surface area contributed by atoms with Crippen LogP contribution in [0.3, 0.4) is 0 Å². The fourth-order valence-electron chi connectivity index (χ4n) is 4.54. The van der Waals surface area contributed by atoms with Crippen molar-refractivity contribution in [2.75, 3.05) is 6.54 Å². The molecule has 3 fully saturated rings. The third-order valence-electron chi connectivity index (χ3n) is 6.32. The largest absolute Gasteiger partial charge is 0.439 e. The van der Waals surface area contributed by atoms with Crippen LogP contribution in [0.1, 0.15) is 43.2 Å². The lowest BCUT2D eigenvalue weighted by Crippen LogP contribution is -2.43. The Kier molecular flexibility index (Phi) is 4.27. The Morgan fingerprint density at radius 1 is 1.24 bits per heavy atom. The van der Waals surface area contributed by atoms with Gasteiger partial charge in [0.1, 0.15) is 11.6 Å². The predicted molar refractivity (Wildman–Crippen MR) is 98.7 cm³/mol. The lowest BCUT2D eigenvalue weighted by molar-refractivity contribution is -0.169. The highest BCUT2D eigenvalue weighted by molar-refractivity contribution is 5.78. The molecule has 1 aromatic heterocycles. The summed E-state index contributed by atoms with van der Waals surface area (Å²) in [6.45, 7) is -0.579. The monoisotopic (exact) mass is 408 g/mol. The molecule has 2 saturated carbocycles. The zero-order valence-electron chi connectivity index (χ0n) is 15.8. The Morgan fingerprint density at radius 2 is 1.93 bits per heavy atom. The molecular formula is C20H23F3N4O2. The van der Waals surface area contributed by atoms with Crippen molar-refractivity contribution >= 4 is 17.1 Å². The van der Waals surface area contributed by atoms with E-state index in [0.717, 1.165) is 4.90 Å². The number of carbonyl (C=O) groups is 1. The summed E-state index contributed by atoms with van der Waals surface area (Å²) in [6.07, 6.45) is 0.349. The molecule has 9 heteroatoms. The van der Waals surface area contributed by atoms with Crippen molar-refractivity contribution < 1.29 is 22.4 Å². The van der Waals surface area contributed by atoms with Crippen molar-refractivity contribution in [1.82, 2.24) is 15.2 Å². The molecule has 1 saturated heterocycles. The van der Waals surface area contributed by atoms with E-state index in [0.29, 0.717) is 40.3 Å².